The topological polar surface area (TPSA) is 91.8 Å². The lowest BCUT2D eigenvalue weighted by Gasteiger charge is -2.30. The van der Waals surface area contributed by atoms with Gasteiger partial charge in [0.2, 0.25) is 5.91 Å². The first-order valence-corrected chi connectivity index (χ1v) is 9.84. The SMILES string of the molecule is CCNC(=NCC(=O)OC(C)(C)C)NC1CCCC(C(=O)NC2CC2)C1.I. The normalized spacial score (nSPS) is 23.0. The van der Waals surface area contributed by atoms with Gasteiger partial charge in [-0.05, 0) is 59.8 Å². The van der Waals surface area contributed by atoms with E-state index >= 15 is 0 Å². The highest BCUT2D eigenvalue weighted by atomic mass is 127. The van der Waals surface area contributed by atoms with Gasteiger partial charge in [0.15, 0.2) is 5.96 Å². The molecular weight excluding hydrogens is 459 g/mol. The molecular formula is C19H35IN4O3. The number of carbonyl (C=O) groups excluding carboxylic acids is 2. The molecule has 2 aliphatic carbocycles. The molecule has 156 valence electrons. The Labute approximate surface area is 179 Å². The van der Waals surface area contributed by atoms with Crippen LogP contribution in [-0.2, 0) is 14.3 Å². The van der Waals surface area contributed by atoms with Crippen molar-refractivity contribution in [2.45, 2.75) is 83.9 Å². The summed E-state index contributed by atoms with van der Waals surface area (Å²) in [6.07, 6.45) is 6.00. The first-order valence-electron chi connectivity index (χ1n) is 9.84. The van der Waals surface area contributed by atoms with Crippen molar-refractivity contribution in [3.05, 3.63) is 0 Å². The number of nitrogens with zero attached hydrogens (tertiary/aromatic N) is 1. The third-order valence-electron chi connectivity index (χ3n) is 4.44. The maximum absolute atomic E-state index is 12.3. The molecule has 2 unspecified atom stereocenters. The predicted molar refractivity (Wildman–Crippen MR) is 117 cm³/mol. The van der Waals surface area contributed by atoms with Crippen LogP contribution in [0.4, 0.5) is 0 Å². The minimum Gasteiger partial charge on any atom is -0.459 e. The number of hydrogen-bond donors (Lipinski definition) is 3. The van der Waals surface area contributed by atoms with Gasteiger partial charge in [-0.15, -0.1) is 24.0 Å². The van der Waals surface area contributed by atoms with Gasteiger partial charge >= 0.3 is 5.97 Å². The molecule has 0 radical (unpaired) electrons. The molecule has 7 nitrogen and oxygen atoms in total. The van der Waals surface area contributed by atoms with Crippen molar-refractivity contribution >= 4 is 41.8 Å². The van der Waals surface area contributed by atoms with Crippen molar-refractivity contribution in [1.82, 2.24) is 16.0 Å². The predicted octanol–water partition coefficient (Wildman–Crippen LogP) is 2.34. The summed E-state index contributed by atoms with van der Waals surface area (Å²) in [5.41, 5.74) is -0.510. The molecule has 1 amide bonds. The second-order valence-corrected chi connectivity index (χ2v) is 8.27. The van der Waals surface area contributed by atoms with Crippen LogP contribution < -0.4 is 16.0 Å². The molecule has 2 fully saturated rings. The van der Waals surface area contributed by atoms with Crippen LogP contribution in [0, 0.1) is 5.92 Å². The van der Waals surface area contributed by atoms with Crippen molar-refractivity contribution in [1.29, 1.82) is 0 Å². The van der Waals surface area contributed by atoms with E-state index in [1.807, 2.05) is 27.7 Å². The monoisotopic (exact) mass is 494 g/mol. The zero-order chi connectivity index (χ0) is 19.2. The van der Waals surface area contributed by atoms with Crippen LogP contribution in [0.1, 0.15) is 66.2 Å². The van der Waals surface area contributed by atoms with Gasteiger partial charge in [0.05, 0.1) is 0 Å². The second kappa shape index (κ2) is 11.1. The van der Waals surface area contributed by atoms with Crippen LogP contribution in [0.25, 0.3) is 0 Å². The second-order valence-electron chi connectivity index (χ2n) is 8.27. The summed E-state index contributed by atoms with van der Waals surface area (Å²) < 4.78 is 5.29. The van der Waals surface area contributed by atoms with E-state index in [9.17, 15) is 9.59 Å². The Hall–Kier alpha value is -1.06. The Morgan fingerprint density at radius 1 is 1.07 bits per heavy atom. The molecule has 2 rings (SSSR count). The number of guanidine groups is 1. The van der Waals surface area contributed by atoms with Crippen LogP contribution in [0.3, 0.4) is 0 Å². The van der Waals surface area contributed by atoms with Gasteiger partial charge in [-0.2, -0.15) is 0 Å². The van der Waals surface area contributed by atoms with Gasteiger partial charge in [-0.1, -0.05) is 6.42 Å². The van der Waals surface area contributed by atoms with Crippen molar-refractivity contribution < 1.29 is 14.3 Å². The van der Waals surface area contributed by atoms with Gasteiger partial charge in [-0.25, -0.2) is 4.99 Å². The summed E-state index contributed by atoms with van der Waals surface area (Å²) in [7, 11) is 0. The van der Waals surface area contributed by atoms with Gasteiger partial charge in [0.25, 0.3) is 0 Å². The fourth-order valence-electron chi connectivity index (χ4n) is 3.14. The highest BCUT2D eigenvalue weighted by Gasteiger charge is 2.31. The quantitative estimate of drug-likeness (QED) is 0.228. The van der Waals surface area contributed by atoms with E-state index in [1.54, 1.807) is 0 Å². The number of aliphatic imine (C=N–C) groups is 1. The maximum Gasteiger partial charge on any atom is 0.328 e. The standard InChI is InChI=1S/C19H34N4O3.HI/c1-5-20-18(21-12-16(24)26-19(2,3)4)23-15-8-6-7-13(11-15)17(25)22-14-9-10-14;/h13-15H,5-12H2,1-4H3,(H,22,25)(H2,20,21,23);1H. The molecule has 0 bridgehead atoms. The van der Waals surface area contributed by atoms with Gasteiger partial charge in [0, 0.05) is 24.5 Å². The Morgan fingerprint density at radius 3 is 2.37 bits per heavy atom. The van der Waals surface area contributed by atoms with Gasteiger partial charge in [-0.3, -0.25) is 9.59 Å². The first kappa shape index (κ1) is 24.0. The highest BCUT2D eigenvalue weighted by molar-refractivity contribution is 14.0. The fraction of sp³-hybridized carbons (Fsp3) is 0.842. The number of hydrogen-bond acceptors (Lipinski definition) is 4. The summed E-state index contributed by atoms with van der Waals surface area (Å²) >= 11 is 0. The zero-order valence-electron chi connectivity index (χ0n) is 17.0. The molecule has 2 atom stereocenters. The van der Waals surface area contributed by atoms with Crippen LogP contribution in [0.2, 0.25) is 0 Å². The minimum atomic E-state index is -0.510. The van der Waals surface area contributed by atoms with E-state index in [0.717, 1.165) is 38.5 Å². The molecule has 0 aromatic heterocycles. The van der Waals surface area contributed by atoms with E-state index < -0.39 is 5.60 Å². The van der Waals surface area contributed by atoms with Crippen LogP contribution in [-0.4, -0.2) is 48.6 Å². The number of rotatable bonds is 6. The number of nitrogens with one attached hydrogen (secondary N) is 3. The van der Waals surface area contributed by atoms with Crippen molar-refractivity contribution in [2.75, 3.05) is 13.1 Å². The molecule has 2 saturated carbocycles. The summed E-state index contributed by atoms with van der Waals surface area (Å²) in [6, 6.07) is 0.596. The van der Waals surface area contributed by atoms with E-state index in [2.05, 4.69) is 20.9 Å². The molecule has 27 heavy (non-hydrogen) atoms. The summed E-state index contributed by atoms with van der Waals surface area (Å²) in [5, 5.41) is 9.66. The number of halogens is 1. The largest absolute Gasteiger partial charge is 0.459 e. The van der Waals surface area contributed by atoms with Crippen molar-refractivity contribution in [3.8, 4) is 0 Å². The average Bonchev–Trinajstić information content (AvgIpc) is 3.35. The summed E-state index contributed by atoms with van der Waals surface area (Å²) in [5.74, 6) is 0.511. The van der Waals surface area contributed by atoms with Gasteiger partial charge in [0.1, 0.15) is 12.1 Å². The number of esters is 1. The maximum atomic E-state index is 12.3. The van der Waals surface area contributed by atoms with Crippen molar-refractivity contribution in [2.24, 2.45) is 10.9 Å². The highest BCUT2D eigenvalue weighted by Crippen LogP contribution is 2.26. The lowest BCUT2D eigenvalue weighted by Crippen LogP contribution is -2.47. The molecule has 0 aromatic carbocycles. The van der Waals surface area contributed by atoms with Gasteiger partial charge < -0.3 is 20.7 Å². The molecule has 0 aromatic rings. The Kier molecular flexibility index (Phi) is 9.83. The Bertz CT molecular complexity index is 530. The number of amides is 1. The average molecular weight is 494 g/mol. The molecule has 0 saturated heterocycles. The molecule has 0 spiro atoms. The first-order chi connectivity index (χ1) is 12.3. The van der Waals surface area contributed by atoms with Crippen LogP contribution >= 0.6 is 24.0 Å². The molecule has 8 heteroatoms. The summed E-state index contributed by atoms with van der Waals surface area (Å²) in [6.45, 7) is 8.19. The smallest absolute Gasteiger partial charge is 0.328 e. The lowest BCUT2D eigenvalue weighted by molar-refractivity contribution is -0.152. The van der Waals surface area contributed by atoms with Crippen molar-refractivity contribution in [3.63, 3.8) is 0 Å². The Balaban J connectivity index is 0.00000364. The van der Waals surface area contributed by atoms with E-state index in [1.165, 1.54) is 0 Å². The van der Waals surface area contributed by atoms with E-state index in [0.29, 0.717) is 18.5 Å². The number of ether oxygens (including phenoxy) is 1. The van der Waals surface area contributed by atoms with E-state index in [-0.39, 0.29) is 54.4 Å². The van der Waals surface area contributed by atoms with Crippen LogP contribution in [0.5, 0.6) is 0 Å². The van der Waals surface area contributed by atoms with E-state index in [4.69, 9.17) is 4.74 Å². The molecule has 2 aliphatic rings. The fourth-order valence-corrected chi connectivity index (χ4v) is 3.14. The third kappa shape index (κ3) is 9.62. The molecule has 0 heterocycles. The van der Waals surface area contributed by atoms with Crippen LogP contribution in [0.15, 0.2) is 4.99 Å². The lowest BCUT2D eigenvalue weighted by atomic mass is 9.85. The third-order valence-corrected chi connectivity index (χ3v) is 4.44. The number of carbonyl (C=O) groups is 2. The Morgan fingerprint density at radius 2 is 1.78 bits per heavy atom. The molecule has 0 aliphatic heterocycles. The molecule has 3 N–H and O–H groups in total. The zero-order valence-corrected chi connectivity index (χ0v) is 19.3. The minimum absolute atomic E-state index is 0. The summed E-state index contributed by atoms with van der Waals surface area (Å²) in [4.78, 5) is 28.5.